The molecule has 1 aliphatic carbocycles. The summed E-state index contributed by atoms with van der Waals surface area (Å²) in [5.41, 5.74) is 2.75. The predicted octanol–water partition coefficient (Wildman–Crippen LogP) is 3.61. The average Bonchev–Trinajstić information content (AvgIpc) is 2.97. The molecule has 0 bridgehead atoms. The van der Waals surface area contributed by atoms with Crippen molar-refractivity contribution in [3.8, 4) is 0 Å². The Morgan fingerprint density at radius 3 is 2.78 bits per heavy atom. The Hall–Kier alpha value is -1.35. The maximum absolute atomic E-state index is 11.3. The lowest BCUT2D eigenvalue weighted by molar-refractivity contribution is 0.108. The van der Waals surface area contributed by atoms with Crippen LogP contribution in [0, 0.1) is 0 Å². The summed E-state index contributed by atoms with van der Waals surface area (Å²) in [5, 5.41) is 5.31. The first-order valence-corrected chi connectivity index (χ1v) is 6.71. The lowest BCUT2D eigenvalue weighted by atomic mass is 9.99. The highest BCUT2D eigenvalue weighted by Gasteiger charge is 2.23. The van der Waals surface area contributed by atoms with Gasteiger partial charge in [-0.05, 0) is 42.6 Å². The zero-order valence-electron chi connectivity index (χ0n) is 10.3. The normalized spacial score (nSPS) is 16.6. The number of aromatic nitrogens is 2. The molecule has 94 valence electrons. The summed E-state index contributed by atoms with van der Waals surface area (Å²) < 4.78 is 1.89. The maximum Gasteiger partial charge on any atom is 0.252 e. The zero-order chi connectivity index (χ0) is 12.7. The van der Waals surface area contributed by atoms with E-state index in [1.54, 1.807) is 6.07 Å². The van der Waals surface area contributed by atoms with E-state index in [9.17, 15) is 4.79 Å². The second kappa shape index (κ2) is 4.39. The number of aryl methyl sites for hydroxylation is 1. The Morgan fingerprint density at radius 1 is 1.39 bits per heavy atom. The van der Waals surface area contributed by atoms with Crippen molar-refractivity contribution in [3.63, 3.8) is 0 Å². The van der Waals surface area contributed by atoms with Crippen LogP contribution in [-0.4, -0.2) is 15.0 Å². The third-order valence-corrected chi connectivity index (χ3v) is 4.07. The summed E-state index contributed by atoms with van der Waals surface area (Å²) in [6.45, 7) is 0. The third kappa shape index (κ3) is 1.83. The summed E-state index contributed by atoms with van der Waals surface area (Å²) in [6, 6.07) is 5.57. The molecule has 0 saturated heterocycles. The fraction of sp³-hybridized carbons (Fsp3) is 0.429. The molecule has 18 heavy (non-hydrogen) atoms. The van der Waals surface area contributed by atoms with Gasteiger partial charge in [0, 0.05) is 23.9 Å². The van der Waals surface area contributed by atoms with Gasteiger partial charge in [0.1, 0.15) is 0 Å². The van der Waals surface area contributed by atoms with E-state index in [0.717, 1.165) is 16.6 Å². The minimum atomic E-state index is -0.405. The van der Waals surface area contributed by atoms with Gasteiger partial charge in [0.2, 0.25) is 0 Å². The van der Waals surface area contributed by atoms with Crippen LogP contribution in [0.1, 0.15) is 47.7 Å². The van der Waals surface area contributed by atoms with Crippen LogP contribution in [0.3, 0.4) is 0 Å². The number of fused-ring (bicyclic) bond motifs is 1. The molecule has 1 saturated carbocycles. The van der Waals surface area contributed by atoms with Crippen LogP contribution in [0.15, 0.2) is 18.2 Å². The van der Waals surface area contributed by atoms with Gasteiger partial charge in [0.05, 0.1) is 11.2 Å². The molecule has 0 atom stereocenters. The van der Waals surface area contributed by atoms with Gasteiger partial charge in [-0.15, -0.1) is 0 Å². The number of halogens is 1. The zero-order valence-corrected chi connectivity index (χ0v) is 11.1. The van der Waals surface area contributed by atoms with E-state index < -0.39 is 5.24 Å². The lowest BCUT2D eigenvalue weighted by Crippen LogP contribution is -1.96. The largest absolute Gasteiger partial charge is 0.276 e. The Morgan fingerprint density at radius 2 is 2.11 bits per heavy atom. The summed E-state index contributed by atoms with van der Waals surface area (Å²) in [6.07, 6.45) is 4.95. The number of hydrogen-bond donors (Lipinski definition) is 0. The van der Waals surface area contributed by atoms with E-state index in [0.29, 0.717) is 11.5 Å². The summed E-state index contributed by atoms with van der Waals surface area (Å²) >= 11 is 5.56. The molecule has 2 aromatic rings. The van der Waals surface area contributed by atoms with E-state index in [1.165, 1.54) is 25.7 Å². The molecule has 0 spiro atoms. The Labute approximate surface area is 111 Å². The van der Waals surface area contributed by atoms with Crippen molar-refractivity contribution >= 4 is 27.7 Å². The van der Waals surface area contributed by atoms with Crippen molar-refractivity contribution in [2.75, 3.05) is 0 Å². The van der Waals surface area contributed by atoms with Gasteiger partial charge in [-0.1, -0.05) is 12.8 Å². The quantitative estimate of drug-likeness (QED) is 0.775. The summed E-state index contributed by atoms with van der Waals surface area (Å²) in [7, 11) is 1.95. The predicted molar refractivity (Wildman–Crippen MR) is 72.1 cm³/mol. The van der Waals surface area contributed by atoms with E-state index in [1.807, 2.05) is 23.9 Å². The van der Waals surface area contributed by atoms with Crippen LogP contribution in [0.2, 0.25) is 0 Å². The number of nitrogens with zero attached hydrogens (tertiary/aromatic N) is 2. The first-order chi connectivity index (χ1) is 8.66. The summed E-state index contributed by atoms with van der Waals surface area (Å²) in [5.74, 6) is 0.536. The molecule has 1 aromatic carbocycles. The molecule has 3 nitrogen and oxygen atoms in total. The van der Waals surface area contributed by atoms with Crippen molar-refractivity contribution < 1.29 is 4.79 Å². The van der Waals surface area contributed by atoms with Crippen molar-refractivity contribution in [1.29, 1.82) is 0 Å². The van der Waals surface area contributed by atoms with Crippen LogP contribution < -0.4 is 0 Å². The smallest absolute Gasteiger partial charge is 0.252 e. The topological polar surface area (TPSA) is 34.9 Å². The molecule has 0 unspecified atom stereocenters. The average molecular weight is 263 g/mol. The highest BCUT2D eigenvalue weighted by Crippen LogP contribution is 2.37. The molecular formula is C14H15ClN2O. The molecule has 0 amide bonds. The minimum Gasteiger partial charge on any atom is -0.276 e. The summed E-state index contributed by atoms with van der Waals surface area (Å²) in [4.78, 5) is 11.3. The van der Waals surface area contributed by atoms with Crippen molar-refractivity contribution in [1.82, 2.24) is 9.78 Å². The number of hydrogen-bond acceptors (Lipinski definition) is 2. The minimum absolute atomic E-state index is 0.405. The highest BCUT2D eigenvalue weighted by molar-refractivity contribution is 6.67. The van der Waals surface area contributed by atoms with Gasteiger partial charge in [-0.25, -0.2) is 0 Å². The van der Waals surface area contributed by atoms with E-state index in [4.69, 9.17) is 11.6 Å². The molecule has 3 rings (SSSR count). The molecule has 0 N–H and O–H groups in total. The molecule has 4 heteroatoms. The van der Waals surface area contributed by atoms with Crippen LogP contribution in [-0.2, 0) is 7.05 Å². The molecule has 1 aliphatic rings. The van der Waals surface area contributed by atoms with Gasteiger partial charge < -0.3 is 0 Å². The second-order valence-corrected chi connectivity index (χ2v) is 5.34. The number of carbonyl (C=O) groups is 1. The van der Waals surface area contributed by atoms with Crippen molar-refractivity contribution in [2.45, 2.75) is 31.6 Å². The van der Waals surface area contributed by atoms with Gasteiger partial charge >= 0.3 is 0 Å². The maximum atomic E-state index is 11.3. The van der Waals surface area contributed by atoms with Crippen LogP contribution >= 0.6 is 11.6 Å². The molecule has 0 aliphatic heterocycles. The molecule has 1 aromatic heterocycles. The standard InChI is InChI=1S/C14H15ClN2O/c1-17-12-7-6-10(14(15)18)8-11(12)13(16-17)9-4-2-3-5-9/h6-9H,2-5H2,1H3. The van der Waals surface area contributed by atoms with Crippen LogP contribution in [0.4, 0.5) is 0 Å². The lowest BCUT2D eigenvalue weighted by Gasteiger charge is -2.05. The van der Waals surface area contributed by atoms with E-state index >= 15 is 0 Å². The van der Waals surface area contributed by atoms with Gasteiger partial charge in [0.15, 0.2) is 0 Å². The van der Waals surface area contributed by atoms with E-state index in [2.05, 4.69) is 5.10 Å². The number of rotatable bonds is 2. The van der Waals surface area contributed by atoms with Gasteiger partial charge in [-0.2, -0.15) is 5.10 Å². The molecular weight excluding hydrogens is 248 g/mol. The number of benzene rings is 1. The Bertz CT molecular complexity index is 612. The second-order valence-electron chi connectivity index (χ2n) is 5.00. The third-order valence-electron chi connectivity index (χ3n) is 3.85. The van der Waals surface area contributed by atoms with Gasteiger partial charge in [0.25, 0.3) is 5.24 Å². The fourth-order valence-corrected chi connectivity index (χ4v) is 3.03. The van der Waals surface area contributed by atoms with Crippen molar-refractivity contribution in [2.24, 2.45) is 7.05 Å². The first-order valence-electron chi connectivity index (χ1n) is 6.33. The molecule has 1 heterocycles. The fourth-order valence-electron chi connectivity index (χ4n) is 2.92. The van der Waals surface area contributed by atoms with E-state index in [-0.39, 0.29) is 0 Å². The molecule has 1 fully saturated rings. The molecule has 0 radical (unpaired) electrons. The Kier molecular flexibility index (Phi) is 2.86. The number of carbonyl (C=O) groups excluding carboxylic acids is 1. The van der Waals surface area contributed by atoms with Crippen LogP contribution in [0.25, 0.3) is 10.9 Å². The first kappa shape index (κ1) is 11.7. The highest BCUT2D eigenvalue weighted by atomic mass is 35.5. The monoisotopic (exact) mass is 262 g/mol. The van der Waals surface area contributed by atoms with Crippen molar-refractivity contribution in [3.05, 3.63) is 29.5 Å². The van der Waals surface area contributed by atoms with Gasteiger partial charge in [-0.3, -0.25) is 9.48 Å². The SMILES string of the molecule is Cn1nc(C2CCCC2)c2cc(C(=O)Cl)ccc21. The van der Waals surface area contributed by atoms with Crippen LogP contribution in [0.5, 0.6) is 0 Å². The Balaban J connectivity index is 2.18.